The molecule has 2 nitrogen and oxygen atoms in total. The lowest BCUT2D eigenvalue weighted by molar-refractivity contribution is 0.0187. The maximum Gasteiger partial charge on any atom is 0.261 e. The third-order valence-corrected chi connectivity index (χ3v) is 4.22. The van der Waals surface area contributed by atoms with Gasteiger partial charge in [0.15, 0.2) is 0 Å². The van der Waals surface area contributed by atoms with Gasteiger partial charge < -0.3 is 4.74 Å². The summed E-state index contributed by atoms with van der Waals surface area (Å²) in [6.45, 7) is 1.78. The lowest BCUT2D eigenvalue weighted by Crippen LogP contribution is -2.06. The zero-order valence-corrected chi connectivity index (χ0v) is 13.3. The van der Waals surface area contributed by atoms with Crippen LogP contribution in [0.1, 0.15) is 9.88 Å². The number of thiazole rings is 1. The standard InChI is InChI=1S/C14H14BrF2NOS/c1-9-14(10-2-4-11(15)5-3-10)18-13(20-9)6-7-19-8-12(16)17/h2-5,12H,6-8H2,1H3. The van der Waals surface area contributed by atoms with Gasteiger partial charge in [-0.15, -0.1) is 11.3 Å². The molecule has 1 aromatic heterocycles. The van der Waals surface area contributed by atoms with Crippen LogP contribution in [-0.2, 0) is 11.2 Å². The fraction of sp³-hybridized carbons (Fsp3) is 0.357. The SMILES string of the molecule is Cc1sc(CCOCC(F)F)nc1-c1ccc(Br)cc1. The Morgan fingerprint density at radius 3 is 2.65 bits per heavy atom. The van der Waals surface area contributed by atoms with E-state index in [1.165, 1.54) is 0 Å². The molecule has 1 heterocycles. The fourth-order valence-electron chi connectivity index (χ4n) is 1.77. The van der Waals surface area contributed by atoms with Crippen LogP contribution in [0.2, 0.25) is 0 Å². The van der Waals surface area contributed by atoms with Gasteiger partial charge in [0.05, 0.1) is 17.3 Å². The first-order valence-corrected chi connectivity index (χ1v) is 7.75. The largest absolute Gasteiger partial charge is 0.375 e. The highest BCUT2D eigenvalue weighted by atomic mass is 79.9. The number of hydrogen-bond acceptors (Lipinski definition) is 3. The second kappa shape index (κ2) is 7.24. The van der Waals surface area contributed by atoms with E-state index in [-0.39, 0.29) is 6.61 Å². The van der Waals surface area contributed by atoms with Gasteiger partial charge in [0.25, 0.3) is 6.43 Å². The molecule has 0 radical (unpaired) electrons. The maximum absolute atomic E-state index is 11.9. The van der Waals surface area contributed by atoms with Crippen LogP contribution in [0.5, 0.6) is 0 Å². The quantitative estimate of drug-likeness (QED) is 0.695. The zero-order valence-electron chi connectivity index (χ0n) is 10.9. The van der Waals surface area contributed by atoms with E-state index in [0.717, 1.165) is 25.6 Å². The molecule has 2 rings (SSSR count). The molecule has 0 saturated heterocycles. The first-order chi connectivity index (χ1) is 9.56. The van der Waals surface area contributed by atoms with Crippen molar-refractivity contribution in [3.63, 3.8) is 0 Å². The summed E-state index contributed by atoms with van der Waals surface area (Å²) in [4.78, 5) is 5.68. The Balaban J connectivity index is 2.00. The van der Waals surface area contributed by atoms with Crippen LogP contribution in [0.3, 0.4) is 0 Å². The summed E-state index contributed by atoms with van der Waals surface area (Å²) in [6, 6.07) is 7.95. The van der Waals surface area contributed by atoms with E-state index in [2.05, 4.69) is 20.9 Å². The van der Waals surface area contributed by atoms with Crippen LogP contribution < -0.4 is 0 Å². The van der Waals surface area contributed by atoms with E-state index < -0.39 is 13.0 Å². The highest BCUT2D eigenvalue weighted by molar-refractivity contribution is 9.10. The van der Waals surface area contributed by atoms with Crippen molar-refractivity contribution in [2.75, 3.05) is 13.2 Å². The number of halogens is 3. The van der Waals surface area contributed by atoms with Crippen molar-refractivity contribution in [1.29, 1.82) is 0 Å². The summed E-state index contributed by atoms with van der Waals surface area (Å²) in [7, 11) is 0. The van der Waals surface area contributed by atoms with Crippen molar-refractivity contribution < 1.29 is 13.5 Å². The smallest absolute Gasteiger partial charge is 0.261 e. The van der Waals surface area contributed by atoms with Crippen molar-refractivity contribution in [3.05, 3.63) is 38.6 Å². The van der Waals surface area contributed by atoms with Crippen LogP contribution in [0.4, 0.5) is 8.78 Å². The molecule has 0 amide bonds. The third kappa shape index (κ3) is 4.33. The van der Waals surface area contributed by atoms with Crippen LogP contribution in [-0.4, -0.2) is 24.6 Å². The van der Waals surface area contributed by atoms with Gasteiger partial charge in [0.2, 0.25) is 0 Å². The molecule has 1 aromatic carbocycles. The number of alkyl halides is 2. The van der Waals surface area contributed by atoms with Crippen molar-refractivity contribution in [2.24, 2.45) is 0 Å². The molecule has 20 heavy (non-hydrogen) atoms. The van der Waals surface area contributed by atoms with E-state index >= 15 is 0 Å². The van der Waals surface area contributed by atoms with Gasteiger partial charge >= 0.3 is 0 Å². The Labute approximate surface area is 128 Å². The predicted octanol–water partition coefficient (Wildman–Crippen LogP) is 4.71. The molecule has 0 aliphatic rings. The molecule has 0 bridgehead atoms. The van der Waals surface area contributed by atoms with Crippen LogP contribution in [0, 0.1) is 6.92 Å². The number of aryl methyl sites for hydroxylation is 1. The topological polar surface area (TPSA) is 22.1 Å². The van der Waals surface area contributed by atoms with Gasteiger partial charge in [-0.25, -0.2) is 13.8 Å². The van der Waals surface area contributed by atoms with Crippen molar-refractivity contribution in [2.45, 2.75) is 19.8 Å². The number of rotatable bonds is 6. The van der Waals surface area contributed by atoms with Gasteiger partial charge in [-0.2, -0.15) is 0 Å². The van der Waals surface area contributed by atoms with Crippen LogP contribution >= 0.6 is 27.3 Å². The summed E-state index contributed by atoms with van der Waals surface area (Å²) in [5.74, 6) is 0. The number of hydrogen-bond donors (Lipinski definition) is 0. The Kier molecular flexibility index (Phi) is 5.63. The average molecular weight is 362 g/mol. The Morgan fingerprint density at radius 2 is 2.00 bits per heavy atom. The fourth-order valence-corrected chi connectivity index (χ4v) is 2.97. The zero-order chi connectivity index (χ0) is 14.5. The maximum atomic E-state index is 11.9. The molecule has 0 spiro atoms. The highest BCUT2D eigenvalue weighted by Gasteiger charge is 2.10. The molecule has 2 aromatic rings. The summed E-state index contributed by atoms with van der Waals surface area (Å²) >= 11 is 4.98. The first kappa shape index (κ1) is 15.5. The molecule has 0 aliphatic heterocycles. The molecule has 0 fully saturated rings. The van der Waals surface area contributed by atoms with E-state index in [4.69, 9.17) is 4.74 Å². The molecule has 108 valence electrons. The summed E-state index contributed by atoms with van der Waals surface area (Å²) in [6.07, 6.45) is -1.85. The van der Waals surface area contributed by atoms with Gasteiger partial charge in [-0.05, 0) is 19.1 Å². The lowest BCUT2D eigenvalue weighted by Gasteiger charge is -2.01. The second-order valence-electron chi connectivity index (χ2n) is 4.24. The number of ether oxygens (including phenoxy) is 1. The predicted molar refractivity (Wildman–Crippen MR) is 80.5 cm³/mol. The van der Waals surface area contributed by atoms with E-state index in [9.17, 15) is 8.78 Å². The molecule has 0 unspecified atom stereocenters. The van der Waals surface area contributed by atoms with Gasteiger partial charge in [-0.1, -0.05) is 28.1 Å². The van der Waals surface area contributed by atoms with Crippen molar-refractivity contribution >= 4 is 27.3 Å². The number of nitrogens with zero attached hydrogens (tertiary/aromatic N) is 1. The van der Waals surface area contributed by atoms with Gasteiger partial charge in [-0.3, -0.25) is 0 Å². The molecule has 0 N–H and O–H groups in total. The minimum absolute atomic E-state index is 0.275. The molecule has 0 atom stereocenters. The number of benzene rings is 1. The lowest BCUT2D eigenvalue weighted by atomic mass is 10.1. The Morgan fingerprint density at radius 1 is 1.30 bits per heavy atom. The van der Waals surface area contributed by atoms with Crippen molar-refractivity contribution in [1.82, 2.24) is 4.98 Å². The average Bonchev–Trinajstić information content (AvgIpc) is 2.77. The molecule has 0 saturated carbocycles. The Hall–Kier alpha value is -0.850. The van der Waals surface area contributed by atoms with E-state index in [0.29, 0.717) is 6.42 Å². The van der Waals surface area contributed by atoms with Crippen LogP contribution in [0.25, 0.3) is 11.3 Å². The Bertz CT molecular complexity index is 557. The summed E-state index contributed by atoms with van der Waals surface area (Å²) < 4.78 is 29.8. The molecule has 6 heteroatoms. The molecule has 0 aliphatic carbocycles. The monoisotopic (exact) mass is 361 g/mol. The van der Waals surface area contributed by atoms with Crippen molar-refractivity contribution in [3.8, 4) is 11.3 Å². The minimum atomic E-state index is -2.41. The first-order valence-electron chi connectivity index (χ1n) is 6.14. The summed E-state index contributed by atoms with van der Waals surface area (Å²) in [5, 5.41) is 0.912. The normalized spacial score (nSPS) is 11.2. The second-order valence-corrected chi connectivity index (χ2v) is 6.44. The molecular weight excluding hydrogens is 348 g/mol. The summed E-state index contributed by atoms with van der Waals surface area (Å²) in [5.41, 5.74) is 2.01. The highest BCUT2D eigenvalue weighted by Crippen LogP contribution is 2.28. The van der Waals surface area contributed by atoms with E-state index in [1.807, 2.05) is 31.2 Å². The van der Waals surface area contributed by atoms with Crippen LogP contribution in [0.15, 0.2) is 28.7 Å². The third-order valence-electron chi connectivity index (χ3n) is 2.66. The minimum Gasteiger partial charge on any atom is -0.375 e. The van der Waals surface area contributed by atoms with Gasteiger partial charge in [0.1, 0.15) is 6.61 Å². The van der Waals surface area contributed by atoms with Gasteiger partial charge in [0, 0.05) is 21.3 Å². The number of aromatic nitrogens is 1. The molecular formula is C14H14BrF2NOS. The van der Waals surface area contributed by atoms with E-state index in [1.54, 1.807) is 11.3 Å².